The summed E-state index contributed by atoms with van der Waals surface area (Å²) >= 11 is -0.524. The van der Waals surface area contributed by atoms with E-state index in [1.54, 1.807) is 13.8 Å². The SMILES string of the molecule is CC[C@@H](NC(=O)C1CC(=O)NC(C)N1)c1ccc(SC(F)(F)F)c(F)c1. The second-order valence-electron chi connectivity index (χ2n) is 5.92. The summed E-state index contributed by atoms with van der Waals surface area (Å²) in [5.74, 6) is -1.68. The summed E-state index contributed by atoms with van der Waals surface area (Å²) in [5, 5.41) is 8.26. The summed E-state index contributed by atoms with van der Waals surface area (Å²) in [6.45, 7) is 3.45. The molecule has 1 aromatic rings. The highest BCUT2D eigenvalue weighted by Crippen LogP contribution is 2.38. The first-order valence-electron chi connectivity index (χ1n) is 8.00. The number of hydrogen-bond donors (Lipinski definition) is 3. The first-order valence-corrected chi connectivity index (χ1v) is 8.81. The number of benzene rings is 1. The molecule has 1 aliphatic rings. The van der Waals surface area contributed by atoms with Crippen molar-refractivity contribution >= 4 is 23.6 Å². The van der Waals surface area contributed by atoms with Crippen molar-refractivity contribution in [1.29, 1.82) is 0 Å². The minimum atomic E-state index is -4.58. The molecule has 0 aliphatic carbocycles. The third-order valence-corrected chi connectivity index (χ3v) is 4.63. The summed E-state index contributed by atoms with van der Waals surface area (Å²) in [5.41, 5.74) is -4.22. The molecule has 0 spiro atoms. The van der Waals surface area contributed by atoms with Crippen molar-refractivity contribution in [1.82, 2.24) is 16.0 Å². The van der Waals surface area contributed by atoms with Crippen molar-refractivity contribution in [3.63, 3.8) is 0 Å². The van der Waals surface area contributed by atoms with Gasteiger partial charge in [-0.25, -0.2) is 4.39 Å². The summed E-state index contributed by atoms with van der Waals surface area (Å²) in [4.78, 5) is 23.4. The van der Waals surface area contributed by atoms with Crippen molar-refractivity contribution < 1.29 is 27.2 Å². The lowest BCUT2D eigenvalue weighted by Gasteiger charge is -2.30. The Hall–Kier alpha value is -1.81. The molecular formula is C16H19F4N3O2S. The van der Waals surface area contributed by atoms with Crippen LogP contribution in [0.4, 0.5) is 17.6 Å². The number of amides is 2. The van der Waals surface area contributed by atoms with Gasteiger partial charge in [0.05, 0.1) is 29.6 Å². The van der Waals surface area contributed by atoms with Gasteiger partial charge in [0.15, 0.2) is 0 Å². The Labute approximate surface area is 152 Å². The van der Waals surface area contributed by atoms with Crippen LogP contribution in [0.2, 0.25) is 0 Å². The van der Waals surface area contributed by atoms with Gasteiger partial charge >= 0.3 is 5.51 Å². The predicted octanol–water partition coefficient (Wildman–Crippen LogP) is 2.83. The highest BCUT2D eigenvalue weighted by Gasteiger charge is 2.32. The zero-order valence-electron chi connectivity index (χ0n) is 14.1. The number of nitrogens with one attached hydrogen (secondary N) is 3. The number of alkyl halides is 3. The van der Waals surface area contributed by atoms with E-state index in [9.17, 15) is 27.2 Å². The van der Waals surface area contributed by atoms with Gasteiger partial charge in [-0.2, -0.15) is 13.2 Å². The lowest BCUT2D eigenvalue weighted by Crippen LogP contribution is -2.59. The van der Waals surface area contributed by atoms with Crippen molar-refractivity contribution in [3.8, 4) is 0 Å². The van der Waals surface area contributed by atoms with Crippen molar-refractivity contribution in [2.75, 3.05) is 0 Å². The van der Waals surface area contributed by atoms with E-state index in [4.69, 9.17) is 0 Å². The van der Waals surface area contributed by atoms with Crippen molar-refractivity contribution in [3.05, 3.63) is 29.6 Å². The second kappa shape index (κ2) is 8.26. The average Bonchev–Trinajstić information content (AvgIpc) is 2.52. The lowest BCUT2D eigenvalue weighted by molar-refractivity contribution is -0.132. The van der Waals surface area contributed by atoms with Crippen LogP contribution in [0.25, 0.3) is 0 Å². The third kappa shape index (κ3) is 5.60. The quantitative estimate of drug-likeness (QED) is 0.532. The molecule has 1 heterocycles. The molecule has 0 saturated carbocycles. The van der Waals surface area contributed by atoms with Crippen LogP contribution in [-0.4, -0.2) is 29.5 Å². The minimum Gasteiger partial charge on any atom is -0.348 e. The molecule has 26 heavy (non-hydrogen) atoms. The summed E-state index contributed by atoms with van der Waals surface area (Å²) < 4.78 is 51.1. The zero-order valence-corrected chi connectivity index (χ0v) is 14.9. The Kier molecular flexibility index (Phi) is 6.51. The number of hydrogen-bond acceptors (Lipinski definition) is 4. The van der Waals surface area contributed by atoms with Crippen LogP contribution >= 0.6 is 11.8 Å². The van der Waals surface area contributed by atoms with Crippen molar-refractivity contribution in [2.45, 2.75) is 55.3 Å². The fraction of sp³-hybridized carbons (Fsp3) is 0.500. The molecule has 144 valence electrons. The predicted molar refractivity (Wildman–Crippen MR) is 88.6 cm³/mol. The Balaban J connectivity index is 2.09. The largest absolute Gasteiger partial charge is 0.446 e. The van der Waals surface area contributed by atoms with Gasteiger partial charge in [-0.15, -0.1) is 0 Å². The van der Waals surface area contributed by atoms with Crippen LogP contribution in [0.15, 0.2) is 23.1 Å². The van der Waals surface area contributed by atoms with Crippen molar-refractivity contribution in [2.24, 2.45) is 0 Å². The Bertz CT molecular complexity index is 684. The Morgan fingerprint density at radius 3 is 2.65 bits per heavy atom. The molecule has 5 nitrogen and oxygen atoms in total. The van der Waals surface area contributed by atoms with E-state index in [1.165, 1.54) is 6.07 Å². The molecule has 1 saturated heterocycles. The van der Waals surface area contributed by atoms with E-state index in [2.05, 4.69) is 16.0 Å². The third-order valence-electron chi connectivity index (χ3n) is 3.84. The number of rotatable bonds is 5. The molecular weight excluding hydrogens is 374 g/mol. The molecule has 1 aliphatic heterocycles. The maximum atomic E-state index is 14.0. The summed E-state index contributed by atoms with van der Waals surface area (Å²) in [7, 11) is 0. The van der Waals surface area contributed by atoms with E-state index in [1.807, 2.05) is 0 Å². The van der Waals surface area contributed by atoms with Gasteiger partial charge in [0.2, 0.25) is 11.8 Å². The molecule has 2 rings (SSSR count). The lowest BCUT2D eigenvalue weighted by atomic mass is 10.0. The van der Waals surface area contributed by atoms with Gasteiger partial charge in [-0.3, -0.25) is 14.9 Å². The van der Waals surface area contributed by atoms with E-state index in [0.717, 1.165) is 12.1 Å². The normalized spacial score (nSPS) is 21.8. The maximum absolute atomic E-state index is 14.0. The summed E-state index contributed by atoms with van der Waals surface area (Å²) in [6.07, 6.45) is 0.0243. The van der Waals surface area contributed by atoms with E-state index in [-0.39, 0.29) is 18.5 Å². The molecule has 0 radical (unpaired) electrons. The maximum Gasteiger partial charge on any atom is 0.446 e. The van der Waals surface area contributed by atoms with Gasteiger partial charge < -0.3 is 10.6 Å². The topological polar surface area (TPSA) is 70.2 Å². The fourth-order valence-corrected chi connectivity index (χ4v) is 3.23. The molecule has 0 aromatic heterocycles. The minimum absolute atomic E-state index is 0.0257. The summed E-state index contributed by atoms with van der Waals surface area (Å²) in [6, 6.07) is 2.09. The number of carbonyl (C=O) groups is 2. The van der Waals surface area contributed by atoms with Gasteiger partial charge in [-0.1, -0.05) is 13.0 Å². The number of halogens is 4. The molecule has 2 unspecified atom stereocenters. The standard InChI is InChI=1S/C16H19F4N3O2S/c1-3-11(23-15(25)12-7-14(24)22-8(2)21-12)9-4-5-13(10(17)6-9)26-16(18,19)20/h4-6,8,11-12,21H,3,7H2,1-2H3,(H,22,24)(H,23,25)/t8?,11-,12?/m1/s1. The molecule has 3 atom stereocenters. The van der Waals surface area contributed by atoms with Gasteiger partial charge in [0.25, 0.3) is 0 Å². The van der Waals surface area contributed by atoms with Crippen LogP contribution in [0.1, 0.15) is 38.3 Å². The molecule has 10 heteroatoms. The average molecular weight is 393 g/mol. The van der Waals surface area contributed by atoms with Crippen LogP contribution in [-0.2, 0) is 9.59 Å². The van der Waals surface area contributed by atoms with E-state index >= 15 is 0 Å². The van der Waals surface area contributed by atoms with Crippen LogP contribution in [0.5, 0.6) is 0 Å². The fourth-order valence-electron chi connectivity index (χ4n) is 2.69. The highest BCUT2D eigenvalue weighted by molar-refractivity contribution is 8.00. The smallest absolute Gasteiger partial charge is 0.348 e. The number of thioether (sulfide) groups is 1. The van der Waals surface area contributed by atoms with Gasteiger partial charge in [0, 0.05) is 0 Å². The zero-order chi connectivity index (χ0) is 19.5. The first kappa shape index (κ1) is 20.5. The van der Waals surface area contributed by atoms with E-state index in [0.29, 0.717) is 12.0 Å². The van der Waals surface area contributed by atoms with E-state index < -0.39 is 46.0 Å². The molecule has 1 fully saturated rings. The first-order chi connectivity index (χ1) is 12.1. The second-order valence-corrected chi connectivity index (χ2v) is 7.03. The Morgan fingerprint density at radius 2 is 2.12 bits per heavy atom. The highest BCUT2D eigenvalue weighted by atomic mass is 32.2. The molecule has 3 N–H and O–H groups in total. The van der Waals surface area contributed by atoms with Crippen LogP contribution in [0.3, 0.4) is 0 Å². The van der Waals surface area contributed by atoms with Gasteiger partial charge in [-0.05, 0) is 42.8 Å². The molecule has 2 amide bonds. The van der Waals surface area contributed by atoms with Gasteiger partial charge in [0.1, 0.15) is 5.82 Å². The van der Waals surface area contributed by atoms with Crippen LogP contribution in [0, 0.1) is 5.82 Å². The number of carbonyl (C=O) groups excluding carboxylic acids is 2. The monoisotopic (exact) mass is 393 g/mol. The molecule has 0 bridgehead atoms. The van der Waals surface area contributed by atoms with Crippen LogP contribution < -0.4 is 16.0 Å². The Morgan fingerprint density at radius 1 is 1.42 bits per heavy atom. The molecule has 1 aromatic carbocycles.